The number of anilines is 2. The van der Waals surface area contributed by atoms with Crippen LogP contribution in [0.4, 0.5) is 10.9 Å². The first kappa shape index (κ1) is 13.5. The maximum absolute atomic E-state index is 11.2. The van der Waals surface area contributed by atoms with Crippen molar-refractivity contribution < 1.29 is 4.79 Å². The van der Waals surface area contributed by atoms with Crippen LogP contribution >= 0.6 is 11.3 Å². The Morgan fingerprint density at radius 2 is 2.19 bits per heavy atom. The van der Waals surface area contributed by atoms with E-state index in [-0.39, 0.29) is 0 Å². The molecular weight excluding hydrogens is 284 g/mol. The van der Waals surface area contributed by atoms with Crippen molar-refractivity contribution in [2.75, 3.05) is 5.32 Å². The van der Waals surface area contributed by atoms with Crippen molar-refractivity contribution in [1.29, 1.82) is 0 Å². The molecule has 0 fully saturated rings. The molecule has 2 aromatic heterocycles. The second kappa shape index (κ2) is 5.49. The monoisotopic (exact) mass is 298 g/mol. The second-order valence-corrected chi connectivity index (χ2v) is 5.62. The molecule has 0 atom stereocenters. The lowest BCUT2D eigenvalue weighted by atomic mass is 10.2. The van der Waals surface area contributed by atoms with Gasteiger partial charge in [0.05, 0.1) is 10.2 Å². The molecule has 3 N–H and O–H groups in total. The Morgan fingerprint density at radius 3 is 2.95 bits per heavy atom. The quantitative estimate of drug-likeness (QED) is 0.775. The molecule has 106 valence electrons. The number of nitrogens with one attached hydrogen (secondary N) is 1. The molecule has 3 aromatic rings. The van der Waals surface area contributed by atoms with E-state index in [9.17, 15) is 4.79 Å². The summed E-state index contributed by atoms with van der Waals surface area (Å²) in [5, 5.41) is 3.86. The van der Waals surface area contributed by atoms with Gasteiger partial charge in [-0.05, 0) is 36.2 Å². The van der Waals surface area contributed by atoms with Gasteiger partial charge in [0.1, 0.15) is 5.82 Å². The molecule has 1 aromatic carbocycles. The molecule has 0 saturated carbocycles. The van der Waals surface area contributed by atoms with Crippen LogP contribution in [0.25, 0.3) is 10.2 Å². The highest BCUT2D eigenvalue weighted by atomic mass is 32.1. The molecule has 2 heterocycles. The maximum Gasteiger partial charge on any atom is 0.248 e. The van der Waals surface area contributed by atoms with Crippen molar-refractivity contribution in [3.63, 3.8) is 0 Å². The summed E-state index contributed by atoms with van der Waals surface area (Å²) >= 11 is 1.56. The topological polar surface area (TPSA) is 80.9 Å². The van der Waals surface area contributed by atoms with Crippen LogP contribution in [0, 0.1) is 0 Å². The number of nitrogens with zero attached hydrogens (tertiary/aromatic N) is 2. The Balaban J connectivity index is 1.91. The molecule has 0 bridgehead atoms. The molecule has 0 unspecified atom stereocenters. The van der Waals surface area contributed by atoms with Crippen molar-refractivity contribution in [3.8, 4) is 0 Å². The maximum atomic E-state index is 11.2. The Kier molecular flexibility index (Phi) is 3.53. The van der Waals surface area contributed by atoms with Gasteiger partial charge in [0.15, 0.2) is 5.13 Å². The Morgan fingerprint density at radius 1 is 1.33 bits per heavy atom. The number of fused-ring (bicyclic) bond motifs is 1. The normalized spacial score (nSPS) is 10.7. The summed E-state index contributed by atoms with van der Waals surface area (Å²) in [7, 11) is 0. The SMILES string of the molecule is CCc1ccc2nc(Nc3cc(C(N)=O)ccn3)sc2c1. The van der Waals surface area contributed by atoms with Crippen LogP contribution in [0.2, 0.25) is 0 Å². The van der Waals surface area contributed by atoms with Crippen molar-refractivity contribution >= 4 is 38.4 Å². The van der Waals surface area contributed by atoms with E-state index in [1.165, 1.54) is 5.56 Å². The Hall–Kier alpha value is -2.47. The van der Waals surface area contributed by atoms with Gasteiger partial charge in [-0.25, -0.2) is 9.97 Å². The van der Waals surface area contributed by atoms with Gasteiger partial charge >= 0.3 is 0 Å². The number of hydrogen-bond acceptors (Lipinski definition) is 5. The minimum Gasteiger partial charge on any atom is -0.366 e. The number of amides is 1. The lowest BCUT2D eigenvalue weighted by Crippen LogP contribution is -2.11. The third-order valence-corrected chi connectivity index (χ3v) is 4.07. The predicted octanol–water partition coefficient (Wildman–Crippen LogP) is 3.10. The number of primary amides is 1. The zero-order valence-corrected chi connectivity index (χ0v) is 12.3. The number of aryl methyl sites for hydroxylation is 1. The number of thiazole rings is 1. The van der Waals surface area contributed by atoms with E-state index in [2.05, 4.69) is 34.3 Å². The van der Waals surface area contributed by atoms with Gasteiger partial charge in [0.25, 0.3) is 0 Å². The van der Waals surface area contributed by atoms with Crippen LogP contribution in [-0.2, 0) is 6.42 Å². The molecule has 3 rings (SSSR count). The second-order valence-electron chi connectivity index (χ2n) is 4.59. The number of rotatable bonds is 4. The fourth-order valence-electron chi connectivity index (χ4n) is 2.00. The minimum atomic E-state index is -0.475. The van der Waals surface area contributed by atoms with Gasteiger partial charge in [0, 0.05) is 11.8 Å². The fourth-order valence-corrected chi connectivity index (χ4v) is 2.94. The van der Waals surface area contributed by atoms with E-state index in [0.717, 1.165) is 21.8 Å². The van der Waals surface area contributed by atoms with E-state index in [0.29, 0.717) is 11.4 Å². The predicted molar refractivity (Wildman–Crippen MR) is 85.0 cm³/mol. The van der Waals surface area contributed by atoms with Crippen molar-refractivity contribution in [1.82, 2.24) is 9.97 Å². The first-order chi connectivity index (χ1) is 10.2. The summed E-state index contributed by atoms with van der Waals surface area (Å²) in [6, 6.07) is 9.44. The molecule has 0 aliphatic rings. The largest absolute Gasteiger partial charge is 0.366 e. The van der Waals surface area contributed by atoms with Gasteiger partial charge in [-0.2, -0.15) is 0 Å². The Bertz CT molecular complexity index is 812. The number of aromatic nitrogens is 2. The lowest BCUT2D eigenvalue weighted by molar-refractivity contribution is 0.1000. The van der Waals surface area contributed by atoms with Crippen LogP contribution in [0.3, 0.4) is 0 Å². The highest BCUT2D eigenvalue weighted by Crippen LogP contribution is 2.28. The third kappa shape index (κ3) is 2.85. The van der Waals surface area contributed by atoms with E-state index >= 15 is 0 Å². The van der Waals surface area contributed by atoms with Crippen molar-refractivity contribution in [2.45, 2.75) is 13.3 Å². The Labute approximate surface area is 125 Å². The first-order valence-corrected chi connectivity index (χ1v) is 7.39. The average Bonchev–Trinajstić information content (AvgIpc) is 2.88. The number of nitrogens with two attached hydrogens (primary N) is 1. The van der Waals surface area contributed by atoms with Crippen molar-refractivity contribution in [3.05, 3.63) is 47.7 Å². The van der Waals surface area contributed by atoms with Gasteiger partial charge in [-0.3, -0.25) is 4.79 Å². The zero-order chi connectivity index (χ0) is 14.8. The highest BCUT2D eigenvalue weighted by Gasteiger charge is 2.07. The molecule has 0 aliphatic carbocycles. The van der Waals surface area contributed by atoms with Gasteiger partial charge in [-0.1, -0.05) is 24.3 Å². The van der Waals surface area contributed by atoms with Crippen molar-refractivity contribution in [2.24, 2.45) is 5.73 Å². The smallest absolute Gasteiger partial charge is 0.248 e. The fraction of sp³-hybridized carbons (Fsp3) is 0.133. The van der Waals surface area contributed by atoms with Crippen LogP contribution in [0.15, 0.2) is 36.5 Å². The molecule has 0 saturated heterocycles. The number of pyridine rings is 1. The van der Waals surface area contributed by atoms with E-state index in [4.69, 9.17) is 5.73 Å². The molecule has 0 radical (unpaired) electrons. The van der Waals surface area contributed by atoms with Crippen LogP contribution in [0.5, 0.6) is 0 Å². The summed E-state index contributed by atoms with van der Waals surface area (Å²) in [6.45, 7) is 2.13. The average molecular weight is 298 g/mol. The van der Waals surface area contributed by atoms with Crippen LogP contribution in [-0.4, -0.2) is 15.9 Å². The van der Waals surface area contributed by atoms with E-state index in [1.807, 2.05) is 6.07 Å². The minimum absolute atomic E-state index is 0.418. The summed E-state index contributed by atoms with van der Waals surface area (Å²) in [4.78, 5) is 19.8. The third-order valence-electron chi connectivity index (χ3n) is 3.14. The molecule has 5 nitrogen and oxygen atoms in total. The summed E-state index contributed by atoms with van der Waals surface area (Å²) < 4.78 is 1.13. The lowest BCUT2D eigenvalue weighted by Gasteiger charge is -2.02. The number of hydrogen-bond donors (Lipinski definition) is 2. The standard InChI is InChI=1S/C15H14N4OS/c1-2-9-3-4-11-12(7-9)21-15(18-11)19-13-8-10(14(16)20)5-6-17-13/h3-8H,2H2,1H3,(H2,16,20)(H,17,18,19). The summed E-state index contributed by atoms with van der Waals surface area (Å²) in [5.74, 6) is 0.0819. The molecule has 0 spiro atoms. The van der Waals surface area contributed by atoms with Gasteiger partial charge < -0.3 is 11.1 Å². The summed E-state index contributed by atoms with van der Waals surface area (Å²) in [5.41, 5.74) is 7.91. The first-order valence-electron chi connectivity index (χ1n) is 6.58. The zero-order valence-electron chi connectivity index (χ0n) is 11.5. The number of carbonyl (C=O) groups is 1. The number of benzene rings is 1. The summed E-state index contributed by atoms with van der Waals surface area (Å²) in [6.07, 6.45) is 2.55. The van der Waals surface area contributed by atoms with Gasteiger partial charge in [0.2, 0.25) is 5.91 Å². The van der Waals surface area contributed by atoms with Crippen LogP contribution in [0.1, 0.15) is 22.8 Å². The van der Waals surface area contributed by atoms with E-state index in [1.54, 1.807) is 29.7 Å². The van der Waals surface area contributed by atoms with Crippen LogP contribution < -0.4 is 11.1 Å². The molecule has 21 heavy (non-hydrogen) atoms. The molecule has 6 heteroatoms. The molecule has 0 aliphatic heterocycles. The number of carbonyl (C=O) groups excluding carboxylic acids is 1. The highest BCUT2D eigenvalue weighted by molar-refractivity contribution is 7.22. The van der Waals surface area contributed by atoms with E-state index < -0.39 is 5.91 Å². The van der Waals surface area contributed by atoms with Gasteiger partial charge in [-0.15, -0.1) is 0 Å². The molecule has 1 amide bonds. The molecular formula is C15H14N4OS.